The summed E-state index contributed by atoms with van der Waals surface area (Å²) in [5.74, 6) is -0.509. The van der Waals surface area contributed by atoms with Gasteiger partial charge in [0.2, 0.25) is 0 Å². The zero-order chi connectivity index (χ0) is 13.6. The lowest BCUT2D eigenvalue weighted by Crippen LogP contribution is -2.19. The minimum atomic E-state index is -0.630. The van der Waals surface area contributed by atoms with Gasteiger partial charge < -0.3 is 11.1 Å². The van der Waals surface area contributed by atoms with Crippen molar-refractivity contribution in [2.24, 2.45) is 17.1 Å². The van der Waals surface area contributed by atoms with E-state index >= 15 is 0 Å². The quantitative estimate of drug-likeness (QED) is 0.815. The van der Waals surface area contributed by atoms with Gasteiger partial charge in [-0.2, -0.15) is 0 Å². The van der Waals surface area contributed by atoms with Crippen molar-refractivity contribution in [1.82, 2.24) is 0 Å². The van der Waals surface area contributed by atoms with Gasteiger partial charge in [-0.25, -0.2) is 8.78 Å². The first-order chi connectivity index (χ1) is 9.02. The summed E-state index contributed by atoms with van der Waals surface area (Å²) in [6, 6.07) is 2.37. The van der Waals surface area contributed by atoms with E-state index < -0.39 is 11.6 Å². The second kappa shape index (κ2) is 4.40. The standard InChI is InChI=1S/C14H16F2N2S/c15-10-5-8(13(17)19)6-11(16)12(10)18-7-14(3-4-14)9-1-2-9/h5-6,9,18H,1-4,7H2,(H2,17,19). The van der Waals surface area contributed by atoms with Gasteiger partial charge in [-0.3, -0.25) is 0 Å². The highest BCUT2D eigenvalue weighted by molar-refractivity contribution is 7.80. The molecule has 0 amide bonds. The third-order valence-corrected chi connectivity index (χ3v) is 4.52. The lowest BCUT2D eigenvalue weighted by molar-refractivity contribution is 0.463. The number of hydrogen-bond donors (Lipinski definition) is 2. The number of nitrogens with one attached hydrogen (secondary N) is 1. The predicted octanol–water partition coefficient (Wildman–Crippen LogP) is 3.20. The molecule has 102 valence electrons. The molecular weight excluding hydrogens is 266 g/mol. The molecule has 2 nitrogen and oxygen atoms in total. The molecule has 0 radical (unpaired) electrons. The van der Waals surface area contributed by atoms with Crippen LogP contribution in [0, 0.1) is 23.0 Å². The van der Waals surface area contributed by atoms with Crippen LogP contribution < -0.4 is 11.1 Å². The molecule has 2 aliphatic carbocycles. The summed E-state index contributed by atoms with van der Waals surface area (Å²) in [5, 5.41) is 2.94. The van der Waals surface area contributed by atoms with Gasteiger partial charge in [0.1, 0.15) is 22.3 Å². The van der Waals surface area contributed by atoms with Crippen molar-refractivity contribution in [3.05, 3.63) is 29.3 Å². The highest BCUT2D eigenvalue weighted by Crippen LogP contribution is 2.61. The molecule has 2 aliphatic rings. The number of nitrogens with two attached hydrogens (primary N) is 1. The van der Waals surface area contributed by atoms with Crippen molar-refractivity contribution in [2.45, 2.75) is 25.7 Å². The highest BCUT2D eigenvalue weighted by atomic mass is 32.1. The molecule has 0 saturated heterocycles. The van der Waals surface area contributed by atoms with Crippen LogP contribution in [0.25, 0.3) is 0 Å². The van der Waals surface area contributed by atoms with Crippen molar-refractivity contribution in [1.29, 1.82) is 0 Å². The Kier molecular flexibility index (Phi) is 2.96. The van der Waals surface area contributed by atoms with Crippen molar-refractivity contribution in [2.75, 3.05) is 11.9 Å². The van der Waals surface area contributed by atoms with E-state index in [-0.39, 0.29) is 16.2 Å². The smallest absolute Gasteiger partial charge is 0.150 e. The van der Waals surface area contributed by atoms with E-state index in [1.54, 1.807) is 0 Å². The minimum Gasteiger partial charge on any atom is -0.389 e. The Hall–Kier alpha value is -1.23. The van der Waals surface area contributed by atoms with Crippen molar-refractivity contribution in [3.8, 4) is 0 Å². The third-order valence-electron chi connectivity index (χ3n) is 4.28. The van der Waals surface area contributed by atoms with Gasteiger partial charge in [0.25, 0.3) is 0 Å². The summed E-state index contributed by atoms with van der Waals surface area (Å²) in [5.41, 5.74) is 5.83. The first-order valence-electron chi connectivity index (χ1n) is 6.54. The predicted molar refractivity (Wildman–Crippen MR) is 75.1 cm³/mol. The van der Waals surface area contributed by atoms with Crippen LogP contribution in [-0.4, -0.2) is 11.5 Å². The fourth-order valence-corrected chi connectivity index (χ4v) is 2.85. The molecule has 3 rings (SSSR count). The summed E-state index contributed by atoms with van der Waals surface area (Å²) >= 11 is 4.72. The second-order valence-corrected chi connectivity index (χ2v) is 6.11. The zero-order valence-electron chi connectivity index (χ0n) is 10.5. The molecule has 1 aromatic rings. The number of benzene rings is 1. The van der Waals surface area contributed by atoms with Crippen LogP contribution in [0.2, 0.25) is 0 Å². The maximum absolute atomic E-state index is 13.9. The number of halogens is 2. The fourth-order valence-electron chi connectivity index (χ4n) is 2.73. The summed E-state index contributed by atoms with van der Waals surface area (Å²) in [4.78, 5) is 0.000920. The number of hydrogen-bond acceptors (Lipinski definition) is 2. The van der Waals surface area contributed by atoms with Crippen LogP contribution in [0.1, 0.15) is 31.2 Å². The Bertz CT molecular complexity index is 513. The van der Waals surface area contributed by atoms with Gasteiger partial charge in [-0.15, -0.1) is 0 Å². The van der Waals surface area contributed by atoms with Gasteiger partial charge in [0.05, 0.1) is 0 Å². The topological polar surface area (TPSA) is 38.0 Å². The SMILES string of the molecule is NC(=S)c1cc(F)c(NCC2(C3CC3)CC2)c(F)c1. The van der Waals surface area contributed by atoms with E-state index in [9.17, 15) is 8.78 Å². The Balaban J connectivity index is 1.75. The minimum absolute atomic E-state index is 0.000920. The Morgan fingerprint density at radius 3 is 2.32 bits per heavy atom. The van der Waals surface area contributed by atoms with Crippen molar-refractivity contribution < 1.29 is 8.78 Å². The summed E-state index contributed by atoms with van der Waals surface area (Å²) in [6.45, 7) is 0.651. The van der Waals surface area contributed by atoms with E-state index in [2.05, 4.69) is 5.32 Å². The van der Waals surface area contributed by atoms with Crippen LogP contribution >= 0.6 is 12.2 Å². The Morgan fingerprint density at radius 2 is 1.89 bits per heavy atom. The van der Waals surface area contributed by atoms with E-state index in [4.69, 9.17) is 18.0 Å². The van der Waals surface area contributed by atoms with Gasteiger partial charge in [-0.1, -0.05) is 12.2 Å². The van der Waals surface area contributed by atoms with Crippen LogP contribution in [-0.2, 0) is 0 Å². The molecule has 0 aromatic heterocycles. The molecule has 19 heavy (non-hydrogen) atoms. The van der Waals surface area contributed by atoms with E-state index in [1.807, 2.05) is 0 Å². The molecule has 0 spiro atoms. The maximum Gasteiger partial charge on any atom is 0.150 e. The maximum atomic E-state index is 13.9. The van der Waals surface area contributed by atoms with Gasteiger partial charge in [-0.05, 0) is 49.1 Å². The number of thiocarbonyl (C=S) groups is 1. The molecular formula is C14H16F2N2S. The first kappa shape index (κ1) is 12.8. The average Bonchev–Trinajstić information content (AvgIpc) is 3.21. The van der Waals surface area contributed by atoms with Crippen LogP contribution in [0.3, 0.4) is 0 Å². The Labute approximate surface area is 116 Å². The van der Waals surface area contributed by atoms with E-state index in [0.29, 0.717) is 12.0 Å². The first-order valence-corrected chi connectivity index (χ1v) is 6.95. The molecule has 2 fully saturated rings. The molecule has 1 aromatic carbocycles. The average molecular weight is 282 g/mol. The van der Waals surface area contributed by atoms with Gasteiger partial charge in [0.15, 0.2) is 0 Å². The molecule has 0 atom stereocenters. The lowest BCUT2D eigenvalue weighted by Gasteiger charge is -2.17. The molecule has 0 aliphatic heterocycles. The molecule has 0 heterocycles. The van der Waals surface area contributed by atoms with E-state index in [0.717, 1.165) is 5.92 Å². The third kappa shape index (κ3) is 2.43. The number of rotatable bonds is 5. The monoisotopic (exact) mass is 282 g/mol. The van der Waals surface area contributed by atoms with Gasteiger partial charge >= 0.3 is 0 Å². The van der Waals surface area contributed by atoms with Crippen LogP contribution in [0.4, 0.5) is 14.5 Å². The summed E-state index contributed by atoms with van der Waals surface area (Å²) in [7, 11) is 0. The van der Waals surface area contributed by atoms with Crippen molar-refractivity contribution in [3.63, 3.8) is 0 Å². The molecule has 3 N–H and O–H groups in total. The van der Waals surface area contributed by atoms with Crippen LogP contribution in [0.15, 0.2) is 12.1 Å². The zero-order valence-corrected chi connectivity index (χ0v) is 11.3. The number of anilines is 1. The normalized spacial score (nSPS) is 20.1. The fraction of sp³-hybridized carbons (Fsp3) is 0.500. The van der Waals surface area contributed by atoms with E-state index in [1.165, 1.54) is 37.8 Å². The highest BCUT2D eigenvalue weighted by Gasteiger charge is 2.53. The van der Waals surface area contributed by atoms with Crippen LogP contribution in [0.5, 0.6) is 0 Å². The molecule has 0 bridgehead atoms. The molecule has 5 heteroatoms. The lowest BCUT2D eigenvalue weighted by atomic mass is 10.0. The van der Waals surface area contributed by atoms with Crippen molar-refractivity contribution >= 4 is 22.9 Å². The second-order valence-electron chi connectivity index (χ2n) is 5.67. The van der Waals surface area contributed by atoms with Gasteiger partial charge in [0, 0.05) is 12.1 Å². The molecule has 0 unspecified atom stereocenters. The Morgan fingerprint density at radius 1 is 1.32 bits per heavy atom. The summed E-state index contributed by atoms with van der Waals surface area (Å²) < 4.78 is 27.7. The summed E-state index contributed by atoms with van der Waals surface area (Å²) in [6.07, 6.45) is 4.85. The largest absolute Gasteiger partial charge is 0.389 e. The molecule has 2 saturated carbocycles.